The van der Waals surface area contributed by atoms with Gasteiger partial charge in [0.05, 0.1) is 33.1 Å². The molecule has 6 heterocycles. The Balaban J connectivity index is 1.17. The van der Waals surface area contributed by atoms with Gasteiger partial charge < -0.3 is 18.3 Å². The Morgan fingerprint density at radius 2 is 0.863 bits per heavy atom. The summed E-state index contributed by atoms with van der Waals surface area (Å²) in [5.74, 6) is 3.61. The number of nitrogens with zero attached hydrogens (tertiary/aromatic N) is 2. The van der Waals surface area contributed by atoms with Gasteiger partial charge in [0.25, 0.3) is 6.71 Å². The molecule has 0 radical (unpaired) electrons. The molecule has 0 atom stereocenters. The first-order chi connectivity index (χ1) is 24.9. The van der Waals surface area contributed by atoms with E-state index < -0.39 is 0 Å². The highest BCUT2D eigenvalue weighted by Gasteiger charge is 2.42. The van der Waals surface area contributed by atoms with Crippen molar-refractivity contribution in [3.8, 4) is 23.0 Å². The Labute approximate surface area is 292 Å². The van der Waals surface area contributed by atoms with Crippen molar-refractivity contribution in [1.82, 2.24) is 8.80 Å². The average molecular weight is 653 g/mol. The van der Waals surface area contributed by atoms with E-state index in [0.29, 0.717) is 0 Å². The van der Waals surface area contributed by atoms with E-state index in [2.05, 4.69) is 151 Å². The summed E-state index contributed by atoms with van der Waals surface area (Å²) in [7, 11) is 0. The van der Waals surface area contributed by atoms with Crippen LogP contribution in [0.5, 0.6) is 23.0 Å². The standard InChI is InChI=1S/C46H29BN2O2/c1-46(2,3)24-18-41-43-42(19-24)51-40-21-32-30-15-9-13-28-26-11-5-7-17-36(26)49(45(28)30)38(32)23-34(40)47(43)33-22-37-31(20-39(33)50-41)29-14-8-12-27-25-10-4-6-16-35(25)48(37)44(27)29/h4-23H,1-3H3. The predicted octanol–water partition coefficient (Wildman–Crippen LogP) is 10.0. The molecule has 0 saturated carbocycles. The molecule has 4 nitrogen and oxygen atoms in total. The quantitative estimate of drug-likeness (QED) is 0.153. The van der Waals surface area contributed by atoms with E-state index in [1.54, 1.807) is 0 Å². The zero-order valence-corrected chi connectivity index (χ0v) is 28.3. The summed E-state index contributed by atoms with van der Waals surface area (Å²) in [6.45, 7) is 6.70. The van der Waals surface area contributed by atoms with Gasteiger partial charge >= 0.3 is 0 Å². The first-order valence-electron chi connectivity index (χ1n) is 17.9. The molecule has 0 saturated heterocycles. The number of para-hydroxylation sites is 4. The van der Waals surface area contributed by atoms with Crippen LogP contribution in [-0.4, -0.2) is 15.5 Å². The van der Waals surface area contributed by atoms with Crippen molar-refractivity contribution in [3.05, 3.63) is 127 Å². The second kappa shape index (κ2) is 8.56. The number of hydrogen-bond donors (Lipinski definition) is 0. The molecule has 7 aromatic carbocycles. The van der Waals surface area contributed by atoms with Gasteiger partial charge in [0, 0.05) is 48.6 Å². The summed E-state index contributed by atoms with van der Waals surface area (Å²) >= 11 is 0. The van der Waals surface area contributed by atoms with Crippen molar-refractivity contribution in [1.29, 1.82) is 0 Å². The molecule has 238 valence electrons. The molecule has 0 unspecified atom stereocenters. The lowest BCUT2D eigenvalue weighted by atomic mass is 9.34. The van der Waals surface area contributed by atoms with Crippen molar-refractivity contribution < 1.29 is 9.47 Å². The third-order valence-corrected chi connectivity index (χ3v) is 12.0. The van der Waals surface area contributed by atoms with Crippen LogP contribution in [0, 0.1) is 0 Å². The normalized spacial score (nSPS) is 14.1. The van der Waals surface area contributed by atoms with Crippen LogP contribution in [0.2, 0.25) is 0 Å². The smallest absolute Gasteiger partial charge is 0.260 e. The molecule has 13 rings (SSSR count). The fourth-order valence-corrected chi connectivity index (χ4v) is 9.77. The lowest BCUT2D eigenvalue weighted by Crippen LogP contribution is -2.57. The molecule has 0 aliphatic carbocycles. The van der Waals surface area contributed by atoms with Crippen LogP contribution < -0.4 is 25.9 Å². The molecule has 2 aliphatic rings. The van der Waals surface area contributed by atoms with E-state index in [0.717, 1.165) is 28.5 Å². The van der Waals surface area contributed by atoms with E-state index in [-0.39, 0.29) is 12.1 Å². The molecule has 0 fully saturated rings. The van der Waals surface area contributed by atoms with Crippen molar-refractivity contribution in [3.63, 3.8) is 0 Å². The van der Waals surface area contributed by atoms with Gasteiger partial charge in [-0.25, -0.2) is 0 Å². The molecular weight excluding hydrogens is 623 g/mol. The van der Waals surface area contributed by atoms with E-state index in [1.807, 2.05) is 0 Å². The van der Waals surface area contributed by atoms with Crippen LogP contribution in [-0.2, 0) is 5.41 Å². The van der Waals surface area contributed by atoms with Gasteiger partial charge in [-0.2, -0.15) is 0 Å². The Morgan fingerprint density at radius 1 is 0.431 bits per heavy atom. The fourth-order valence-electron chi connectivity index (χ4n) is 9.77. The van der Waals surface area contributed by atoms with Crippen molar-refractivity contribution in [2.45, 2.75) is 26.2 Å². The van der Waals surface area contributed by atoms with Crippen LogP contribution in [0.1, 0.15) is 26.3 Å². The molecule has 0 N–H and O–H groups in total. The predicted molar refractivity (Wildman–Crippen MR) is 212 cm³/mol. The van der Waals surface area contributed by atoms with E-state index in [4.69, 9.17) is 9.47 Å². The summed E-state index contributed by atoms with van der Waals surface area (Å²) in [4.78, 5) is 0. The molecule has 11 aromatic rings. The Hall–Kier alpha value is -6.20. The second-order valence-corrected chi connectivity index (χ2v) is 15.7. The maximum Gasteiger partial charge on any atom is 0.260 e. The van der Waals surface area contributed by atoms with Crippen LogP contribution >= 0.6 is 0 Å². The van der Waals surface area contributed by atoms with Crippen LogP contribution in [0.4, 0.5) is 0 Å². The van der Waals surface area contributed by atoms with Gasteiger partial charge in [0.1, 0.15) is 23.0 Å². The van der Waals surface area contributed by atoms with E-state index in [1.165, 1.54) is 92.7 Å². The number of aromatic nitrogens is 2. The minimum Gasteiger partial charge on any atom is -0.458 e. The number of benzene rings is 7. The second-order valence-electron chi connectivity index (χ2n) is 15.7. The molecule has 0 amide bonds. The third-order valence-electron chi connectivity index (χ3n) is 12.0. The van der Waals surface area contributed by atoms with Crippen LogP contribution in [0.3, 0.4) is 0 Å². The maximum atomic E-state index is 7.00. The molecule has 51 heavy (non-hydrogen) atoms. The molecule has 2 aliphatic heterocycles. The molecule has 0 bridgehead atoms. The lowest BCUT2D eigenvalue weighted by Gasteiger charge is -2.34. The first kappa shape index (κ1) is 26.6. The fraction of sp³-hybridized carbons (Fsp3) is 0.0870. The van der Waals surface area contributed by atoms with E-state index in [9.17, 15) is 0 Å². The molecule has 4 aromatic heterocycles. The zero-order chi connectivity index (χ0) is 33.5. The number of hydrogen-bond acceptors (Lipinski definition) is 2. The average Bonchev–Trinajstić information content (AvgIpc) is 3.86. The topological polar surface area (TPSA) is 27.3 Å². The summed E-state index contributed by atoms with van der Waals surface area (Å²) in [5.41, 5.74) is 12.0. The van der Waals surface area contributed by atoms with Crippen molar-refractivity contribution in [2.24, 2.45) is 0 Å². The van der Waals surface area contributed by atoms with Crippen molar-refractivity contribution in [2.75, 3.05) is 0 Å². The highest BCUT2D eigenvalue weighted by atomic mass is 16.5. The molecule has 5 heteroatoms. The minimum absolute atomic E-state index is 0.0609. The van der Waals surface area contributed by atoms with Gasteiger partial charge in [0.2, 0.25) is 0 Å². The van der Waals surface area contributed by atoms with Gasteiger partial charge in [-0.3, -0.25) is 0 Å². The SMILES string of the molecule is CC(C)(C)c1cc2c3c(c1)Oc1cc4c5cccc6c7ccccc7n(c4cc1B3c1cc3c(cc1O2)c1cccc2c4ccccc4n3c21)c65. The monoisotopic (exact) mass is 652 g/mol. The summed E-state index contributed by atoms with van der Waals surface area (Å²) in [6, 6.07) is 44.9. The zero-order valence-electron chi connectivity index (χ0n) is 28.3. The Kier molecular flexibility index (Phi) is 4.47. The first-order valence-corrected chi connectivity index (χ1v) is 17.9. The van der Waals surface area contributed by atoms with Gasteiger partial charge in [-0.15, -0.1) is 0 Å². The highest BCUT2D eigenvalue weighted by Crippen LogP contribution is 2.45. The number of ether oxygens (including phenoxy) is 2. The number of fused-ring (bicyclic) bond motifs is 16. The minimum atomic E-state index is -0.0787. The van der Waals surface area contributed by atoms with E-state index >= 15 is 0 Å². The van der Waals surface area contributed by atoms with Gasteiger partial charge in [-0.1, -0.05) is 93.6 Å². The number of rotatable bonds is 0. The summed E-state index contributed by atoms with van der Waals surface area (Å²) < 4.78 is 18.9. The van der Waals surface area contributed by atoms with Gasteiger partial charge in [0.15, 0.2) is 0 Å². The summed E-state index contributed by atoms with van der Waals surface area (Å²) in [6.07, 6.45) is 0. The summed E-state index contributed by atoms with van der Waals surface area (Å²) in [5, 5.41) is 10.1. The third kappa shape index (κ3) is 3.07. The molecular formula is C46H29BN2O2. The van der Waals surface area contributed by atoms with Crippen LogP contribution in [0.15, 0.2) is 121 Å². The largest absolute Gasteiger partial charge is 0.458 e. The Bertz CT molecular complexity index is 3150. The van der Waals surface area contributed by atoms with Crippen LogP contribution in [0.25, 0.3) is 76.2 Å². The Morgan fingerprint density at radius 3 is 1.33 bits per heavy atom. The van der Waals surface area contributed by atoms with Crippen molar-refractivity contribution >= 4 is 99.3 Å². The van der Waals surface area contributed by atoms with Gasteiger partial charge in [-0.05, 0) is 70.4 Å². The highest BCUT2D eigenvalue weighted by molar-refractivity contribution is 6.98. The maximum absolute atomic E-state index is 7.00. The lowest BCUT2D eigenvalue weighted by molar-refractivity contribution is 0.459. The molecule has 0 spiro atoms.